The summed E-state index contributed by atoms with van der Waals surface area (Å²) in [6, 6.07) is 16.0. The molecule has 0 heteroatoms. The third kappa shape index (κ3) is 4.84. The molecule has 0 amide bonds. The summed E-state index contributed by atoms with van der Waals surface area (Å²) in [5.74, 6) is 0.447. The molecule has 0 saturated heterocycles. The molecule has 0 aliphatic rings. The van der Waals surface area contributed by atoms with Crippen molar-refractivity contribution in [3.63, 3.8) is 0 Å². The Morgan fingerprint density at radius 1 is 0.630 bits per heavy atom. The van der Waals surface area contributed by atoms with Crippen LogP contribution in [0.15, 0.2) is 42.5 Å². The van der Waals surface area contributed by atoms with Gasteiger partial charge in [0.1, 0.15) is 0 Å². The Kier molecular flexibility index (Phi) is 6.00. The van der Waals surface area contributed by atoms with Crippen LogP contribution in [0.3, 0.4) is 0 Å². The Morgan fingerprint density at radius 3 is 1.41 bits per heavy atom. The summed E-state index contributed by atoms with van der Waals surface area (Å²) >= 11 is 0. The van der Waals surface area contributed by atoms with Crippen LogP contribution in [0.2, 0.25) is 0 Å². The average molecular weight is 365 g/mol. The molecule has 0 spiro atoms. The minimum atomic E-state index is 0.119. The first kappa shape index (κ1) is 21.7. The predicted molar refractivity (Wildman–Crippen MR) is 121 cm³/mol. The van der Waals surface area contributed by atoms with E-state index in [4.69, 9.17) is 0 Å². The molecule has 0 radical (unpaired) electrons. The van der Waals surface area contributed by atoms with Crippen molar-refractivity contribution in [3.8, 4) is 0 Å². The third-order valence-electron chi connectivity index (χ3n) is 5.54. The zero-order chi connectivity index (χ0) is 20.6. The first-order valence-corrected chi connectivity index (χ1v) is 10.5. The molecule has 0 heterocycles. The molecular weight excluding hydrogens is 324 g/mol. The van der Waals surface area contributed by atoms with Gasteiger partial charge in [-0.15, -0.1) is 0 Å². The van der Waals surface area contributed by atoms with Crippen molar-refractivity contribution in [2.75, 3.05) is 0 Å². The second-order valence-electron chi connectivity index (χ2n) is 11.1. The molecule has 1 unspecified atom stereocenters. The van der Waals surface area contributed by atoms with Crippen molar-refractivity contribution >= 4 is 0 Å². The van der Waals surface area contributed by atoms with Crippen LogP contribution in [0.25, 0.3) is 0 Å². The van der Waals surface area contributed by atoms with Crippen molar-refractivity contribution in [2.45, 2.75) is 97.8 Å². The number of benzene rings is 2. The molecule has 27 heavy (non-hydrogen) atoms. The van der Waals surface area contributed by atoms with E-state index in [2.05, 4.69) is 112 Å². The highest BCUT2D eigenvalue weighted by molar-refractivity contribution is 5.51. The fraction of sp³-hybridized carbons (Fsp3) is 0.556. The summed E-state index contributed by atoms with van der Waals surface area (Å²) in [6.45, 7) is 23.5. The SMILES string of the molecule is CCC(c1ccccc1)c1cc(C(C)(C)C)c(C(C)(C)C)c(C(C)(C)C)c1. The van der Waals surface area contributed by atoms with Crippen molar-refractivity contribution in [1.82, 2.24) is 0 Å². The minimum Gasteiger partial charge on any atom is -0.0645 e. The lowest BCUT2D eigenvalue weighted by molar-refractivity contribution is 0.495. The van der Waals surface area contributed by atoms with E-state index >= 15 is 0 Å². The van der Waals surface area contributed by atoms with E-state index < -0.39 is 0 Å². The van der Waals surface area contributed by atoms with Gasteiger partial charge in [0.25, 0.3) is 0 Å². The van der Waals surface area contributed by atoms with Gasteiger partial charge in [-0.25, -0.2) is 0 Å². The minimum absolute atomic E-state index is 0.119. The van der Waals surface area contributed by atoms with Gasteiger partial charge < -0.3 is 0 Å². The Bertz CT molecular complexity index is 723. The number of hydrogen-bond acceptors (Lipinski definition) is 0. The molecule has 0 aromatic heterocycles. The molecule has 0 aliphatic carbocycles. The molecule has 2 rings (SSSR count). The van der Waals surface area contributed by atoms with Crippen molar-refractivity contribution in [2.24, 2.45) is 0 Å². The molecule has 2 aromatic carbocycles. The van der Waals surface area contributed by atoms with Gasteiger partial charge in [-0.2, -0.15) is 0 Å². The normalized spacial score (nSPS) is 14.3. The van der Waals surface area contributed by atoms with Crippen LogP contribution >= 0.6 is 0 Å². The van der Waals surface area contributed by atoms with Gasteiger partial charge in [-0.1, -0.05) is 112 Å². The van der Waals surface area contributed by atoms with Gasteiger partial charge in [-0.05, 0) is 50.5 Å². The van der Waals surface area contributed by atoms with Crippen LogP contribution in [-0.2, 0) is 16.2 Å². The molecule has 0 nitrogen and oxygen atoms in total. The zero-order valence-corrected chi connectivity index (χ0v) is 19.3. The number of rotatable bonds is 3. The van der Waals surface area contributed by atoms with E-state index in [0.29, 0.717) is 5.92 Å². The Labute approximate surface area is 168 Å². The molecule has 0 fully saturated rings. The van der Waals surface area contributed by atoms with Crippen LogP contribution in [-0.4, -0.2) is 0 Å². The van der Waals surface area contributed by atoms with Gasteiger partial charge in [0.15, 0.2) is 0 Å². The van der Waals surface area contributed by atoms with Crippen LogP contribution in [0.4, 0.5) is 0 Å². The summed E-state index contributed by atoms with van der Waals surface area (Å²) in [5.41, 5.74) is 7.79. The van der Waals surface area contributed by atoms with E-state index in [1.165, 1.54) is 27.8 Å². The summed E-state index contributed by atoms with van der Waals surface area (Å²) in [7, 11) is 0. The van der Waals surface area contributed by atoms with E-state index in [9.17, 15) is 0 Å². The third-order valence-corrected chi connectivity index (χ3v) is 5.54. The topological polar surface area (TPSA) is 0 Å². The van der Waals surface area contributed by atoms with Crippen molar-refractivity contribution in [1.29, 1.82) is 0 Å². The molecule has 0 bridgehead atoms. The lowest BCUT2D eigenvalue weighted by atomic mass is 9.67. The quantitative estimate of drug-likeness (QED) is 0.516. The monoisotopic (exact) mass is 364 g/mol. The molecule has 0 aliphatic heterocycles. The second-order valence-corrected chi connectivity index (χ2v) is 11.1. The first-order valence-electron chi connectivity index (χ1n) is 10.5. The average Bonchev–Trinajstić information content (AvgIpc) is 2.53. The van der Waals surface area contributed by atoms with Gasteiger partial charge in [0.05, 0.1) is 0 Å². The fourth-order valence-electron chi connectivity index (χ4n) is 4.21. The summed E-state index contributed by atoms with van der Waals surface area (Å²) in [5, 5.41) is 0. The van der Waals surface area contributed by atoms with Crippen LogP contribution < -0.4 is 0 Å². The molecule has 148 valence electrons. The van der Waals surface area contributed by atoms with E-state index in [-0.39, 0.29) is 16.2 Å². The smallest absolute Gasteiger partial charge is 0.00869 e. The largest absolute Gasteiger partial charge is 0.0645 e. The molecule has 0 N–H and O–H groups in total. The standard InChI is InChI=1S/C27H40/c1-11-21(19-15-13-12-14-16-19)20-17-22(25(2,3)4)24(27(8,9)10)23(18-20)26(5,6)7/h12-18,21H,11H2,1-10H3. The van der Waals surface area contributed by atoms with Crippen LogP contribution in [0.5, 0.6) is 0 Å². The fourth-order valence-corrected chi connectivity index (χ4v) is 4.21. The second kappa shape index (κ2) is 7.46. The van der Waals surface area contributed by atoms with Crippen LogP contribution in [0, 0.1) is 0 Å². The summed E-state index contributed by atoms with van der Waals surface area (Å²) in [6.07, 6.45) is 1.12. The molecule has 2 aromatic rings. The Morgan fingerprint density at radius 2 is 1.07 bits per heavy atom. The lowest BCUT2D eigenvalue weighted by Gasteiger charge is -2.38. The maximum Gasteiger partial charge on any atom is 0.00869 e. The molecule has 0 saturated carbocycles. The van der Waals surface area contributed by atoms with E-state index in [1.54, 1.807) is 0 Å². The van der Waals surface area contributed by atoms with E-state index in [1.807, 2.05) is 0 Å². The lowest BCUT2D eigenvalue weighted by Crippen LogP contribution is -2.28. The van der Waals surface area contributed by atoms with Gasteiger partial charge in [0, 0.05) is 5.92 Å². The summed E-state index contributed by atoms with van der Waals surface area (Å²) < 4.78 is 0. The maximum atomic E-state index is 2.51. The van der Waals surface area contributed by atoms with Gasteiger partial charge >= 0.3 is 0 Å². The predicted octanol–water partition coefficient (Wildman–Crippen LogP) is 8.12. The molecular formula is C27H40. The van der Waals surface area contributed by atoms with Gasteiger partial charge in [0.2, 0.25) is 0 Å². The van der Waals surface area contributed by atoms with Crippen molar-refractivity contribution in [3.05, 3.63) is 70.3 Å². The van der Waals surface area contributed by atoms with Gasteiger partial charge in [-0.3, -0.25) is 0 Å². The van der Waals surface area contributed by atoms with Crippen molar-refractivity contribution < 1.29 is 0 Å². The number of hydrogen-bond donors (Lipinski definition) is 0. The highest BCUT2D eigenvalue weighted by atomic mass is 14.4. The first-order chi connectivity index (χ1) is 12.3. The highest BCUT2D eigenvalue weighted by Gasteiger charge is 2.33. The Balaban J connectivity index is 2.86. The zero-order valence-electron chi connectivity index (χ0n) is 19.3. The maximum absolute atomic E-state index is 2.51. The summed E-state index contributed by atoms with van der Waals surface area (Å²) in [4.78, 5) is 0. The van der Waals surface area contributed by atoms with E-state index in [0.717, 1.165) is 6.42 Å². The van der Waals surface area contributed by atoms with Crippen LogP contribution in [0.1, 0.15) is 109 Å². The Hall–Kier alpha value is -1.56. The highest BCUT2D eigenvalue weighted by Crippen LogP contribution is 2.43. The molecule has 1 atom stereocenters.